The van der Waals surface area contributed by atoms with Crippen molar-refractivity contribution >= 4 is 5.91 Å². The summed E-state index contributed by atoms with van der Waals surface area (Å²) in [6, 6.07) is 8.21. The molecule has 0 aromatic heterocycles. The van der Waals surface area contributed by atoms with Gasteiger partial charge in [0.15, 0.2) is 0 Å². The third-order valence-electron chi connectivity index (χ3n) is 3.73. The Morgan fingerprint density at radius 2 is 2.16 bits per heavy atom. The molecular weight excluding hydrogens is 238 g/mol. The van der Waals surface area contributed by atoms with E-state index in [0.29, 0.717) is 6.54 Å². The number of fused-ring (bicyclic) bond motifs is 1. The molecule has 4 heteroatoms. The summed E-state index contributed by atoms with van der Waals surface area (Å²) in [7, 11) is 2.06. The van der Waals surface area contributed by atoms with Crippen LogP contribution in [0, 0.1) is 0 Å². The first-order chi connectivity index (χ1) is 9.20. The molecule has 1 aromatic carbocycles. The van der Waals surface area contributed by atoms with E-state index in [-0.39, 0.29) is 11.9 Å². The largest absolute Gasteiger partial charge is 0.353 e. The van der Waals surface area contributed by atoms with Gasteiger partial charge in [0, 0.05) is 19.6 Å². The number of hydrogen-bond acceptors (Lipinski definition) is 3. The van der Waals surface area contributed by atoms with E-state index in [9.17, 15) is 4.79 Å². The van der Waals surface area contributed by atoms with E-state index in [1.54, 1.807) is 0 Å². The molecule has 0 radical (unpaired) electrons. The highest BCUT2D eigenvalue weighted by Crippen LogP contribution is 2.16. The lowest BCUT2D eigenvalue weighted by Crippen LogP contribution is -2.48. The van der Waals surface area contributed by atoms with Gasteiger partial charge >= 0.3 is 0 Å². The Balaban J connectivity index is 1.82. The van der Waals surface area contributed by atoms with Crippen LogP contribution in [0.2, 0.25) is 0 Å². The zero-order valence-corrected chi connectivity index (χ0v) is 11.8. The number of amides is 1. The van der Waals surface area contributed by atoms with E-state index in [2.05, 4.69) is 41.6 Å². The van der Waals surface area contributed by atoms with Crippen LogP contribution in [-0.4, -0.2) is 43.5 Å². The lowest BCUT2D eigenvalue weighted by atomic mass is 9.95. The van der Waals surface area contributed by atoms with Crippen LogP contribution in [0.15, 0.2) is 24.3 Å². The SMILES string of the molecule is CCN(C)CCNC(=O)[C@H]1Cc2ccccc2CN1. The monoisotopic (exact) mass is 261 g/mol. The number of nitrogens with zero attached hydrogens (tertiary/aromatic N) is 1. The van der Waals surface area contributed by atoms with E-state index >= 15 is 0 Å². The van der Waals surface area contributed by atoms with Crippen molar-refractivity contribution in [3.63, 3.8) is 0 Å². The van der Waals surface area contributed by atoms with Crippen LogP contribution in [-0.2, 0) is 17.8 Å². The highest BCUT2D eigenvalue weighted by Gasteiger charge is 2.23. The molecule has 0 fully saturated rings. The van der Waals surface area contributed by atoms with Gasteiger partial charge in [-0.15, -0.1) is 0 Å². The molecule has 2 N–H and O–H groups in total. The number of carbonyl (C=O) groups is 1. The minimum Gasteiger partial charge on any atom is -0.353 e. The molecule has 1 aliphatic rings. The lowest BCUT2D eigenvalue weighted by Gasteiger charge is -2.25. The van der Waals surface area contributed by atoms with Crippen molar-refractivity contribution in [3.05, 3.63) is 35.4 Å². The van der Waals surface area contributed by atoms with Crippen molar-refractivity contribution in [2.75, 3.05) is 26.7 Å². The van der Waals surface area contributed by atoms with Gasteiger partial charge < -0.3 is 15.5 Å². The molecule has 1 aliphatic heterocycles. The standard InChI is InChI=1S/C15H23N3O/c1-3-18(2)9-8-16-15(19)14-10-12-6-4-5-7-13(12)11-17-14/h4-7,14,17H,3,8-11H2,1-2H3,(H,16,19)/t14-/m1/s1. The van der Waals surface area contributed by atoms with Crippen LogP contribution in [0.3, 0.4) is 0 Å². The Labute approximate surface area is 115 Å². The molecule has 4 nitrogen and oxygen atoms in total. The van der Waals surface area contributed by atoms with Gasteiger partial charge in [-0.05, 0) is 31.1 Å². The highest BCUT2D eigenvalue weighted by molar-refractivity contribution is 5.82. The van der Waals surface area contributed by atoms with Crippen molar-refractivity contribution in [1.29, 1.82) is 0 Å². The second kappa shape index (κ2) is 6.68. The summed E-state index contributed by atoms with van der Waals surface area (Å²) in [5.41, 5.74) is 2.59. The number of hydrogen-bond donors (Lipinski definition) is 2. The van der Waals surface area contributed by atoms with Crippen molar-refractivity contribution in [3.8, 4) is 0 Å². The van der Waals surface area contributed by atoms with Gasteiger partial charge in [-0.3, -0.25) is 4.79 Å². The maximum absolute atomic E-state index is 12.1. The zero-order chi connectivity index (χ0) is 13.7. The molecular formula is C15H23N3O. The Morgan fingerprint density at radius 1 is 1.42 bits per heavy atom. The number of carbonyl (C=O) groups excluding carboxylic acids is 1. The smallest absolute Gasteiger partial charge is 0.237 e. The molecule has 1 atom stereocenters. The Morgan fingerprint density at radius 3 is 2.89 bits per heavy atom. The summed E-state index contributed by atoms with van der Waals surface area (Å²) >= 11 is 0. The van der Waals surface area contributed by atoms with Crippen molar-refractivity contribution < 1.29 is 4.79 Å². The Hall–Kier alpha value is -1.39. The van der Waals surface area contributed by atoms with E-state index in [1.165, 1.54) is 11.1 Å². The summed E-state index contributed by atoms with van der Waals surface area (Å²) in [6.07, 6.45) is 0.783. The summed E-state index contributed by atoms with van der Waals surface area (Å²) in [5.74, 6) is 0.110. The van der Waals surface area contributed by atoms with Crippen molar-refractivity contribution in [1.82, 2.24) is 15.5 Å². The van der Waals surface area contributed by atoms with Crippen molar-refractivity contribution in [2.24, 2.45) is 0 Å². The molecule has 1 heterocycles. The van der Waals surface area contributed by atoms with E-state index in [0.717, 1.165) is 26.1 Å². The van der Waals surface area contributed by atoms with Gasteiger partial charge in [-0.25, -0.2) is 0 Å². The molecule has 0 spiro atoms. The topological polar surface area (TPSA) is 44.4 Å². The van der Waals surface area contributed by atoms with Gasteiger partial charge in [-0.2, -0.15) is 0 Å². The normalized spacial score (nSPS) is 18.2. The molecule has 104 valence electrons. The van der Waals surface area contributed by atoms with Gasteiger partial charge in [0.25, 0.3) is 0 Å². The van der Waals surface area contributed by atoms with Gasteiger partial charge in [-0.1, -0.05) is 31.2 Å². The van der Waals surface area contributed by atoms with E-state index in [1.807, 2.05) is 12.1 Å². The van der Waals surface area contributed by atoms with Crippen LogP contribution >= 0.6 is 0 Å². The average molecular weight is 261 g/mol. The second-order valence-electron chi connectivity index (χ2n) is 5.09. The summed E-state index contributed by atoms with van der Waals surface area (Å²) in [5, 5.41) is 6.31. The molecule has 2 rings (SSSR count). The molecule has 0 saturated carbocycles. The van der Waals surface area contributed by atoms with E-state index < -0.39 is 0 Å². The molecule has 1 amide bonds. The van der Waals surface area contributed by atoms with E-state index in [4.69, 9.17) is 0 Å². The third kappa shape index (κ3) is 3.78. The summed E-state index contributed by atoms with van der Waals surface area (Å²) in [4.78, 5) is 14.3. The molecule has 0 bridgehead atoms. The highest BCUT2D eigenvalue weighted by atomic mass is 16.2. The van der Waals surface area contributed by atoms with Crippen molar-refractivity contribution in [2.45, 2.75) is 25.9 Å². The zero-order valence-electron chi connectivity index (χ0n) is 11.8. The van der Waals surface area contributed by atoms with Gasteiger partial charge in [0.2, 0.25) is 5.91 Å². The van der Waals surface area contributed by atoms with Crippen LogP contribution in [0.5, 0.6) is 0 Å². The number of rotatable bonds is 5. The molecule has 0 unspecified atom stereocenters. The summed E-state index contributed by atoms with van der Waals surface area (Å²) < 4.78 is 0. The predicted octanol–water partition coefficient (Wildman–Crippen LogP) is 0.769. The molecule has 1 aromatic rings. The van der Waals surface area contributed by atoms with Crippen LogP contribution < -0.4 is 10.6 Å². The third-order valence-corrected chi connectivity index (χ3v) is 3.73. The number of benzene rings is 1. The molecule has 0 aliphatic carbocycles. The van der Waals surface area contributed by atoms with Gasteiger partial charge in [0.05, 0.1) is 6.04 Å². The first-order valence-corrected chi connectivity index (χ1v) is 6.97. The Kier molecular flexibility index (Phi) is 4.93. The fourth-order valence-electron chi connectivity index (χ4n) is 2.29. The Bertz CT molecular complexity index is 433. The number of likely N-dealkylation sites (N-methyl/N-ethyl adjacent to an activating group) is 1. The van der Waals surface area contributed by atoms with Gasteiger partial charge in [0.1, 0.15) is 0 Å². The fraction of sp³-hybridized carbons (Fsp3) is 0.533. The maximum Gasteiger partial charge on any atom is 0.237 e. The number of nitrogens with one attached hydrogen (secondary N) is 2. The molecule has 19 heavy (non-hydrogen) atoms. The maximum atomic E-state index is 12.1. The fourth-order valence-corrected chi connectivity index (χ4v) is 2.29. The van der Waals surface area contributed by atoms with Crippen LogP contribution in [0.25, 0.3) is 0 Å². The minimum absolute atomic E-state index is 0.0955. The lowest BCUT2D eigenvalue weighted by molar-refractivity contribution is -0.123. The second-order valence-corrected chi connectivity index (χ2v) is 5.09. The molecule has 0 saturated heterocycles. The summed E-state index contributed by atoms with van der Waals surface area (Å²) in [6.45, 7) is 5.50. The first-order valence-electron chi connectivity index (χ1n) is 6.97. The quantitative estimate of drug-likeness (QED) is 0.823. The van der Waals surface area contributed by atoms with Crippen LogP contribution in [0.4, 0.5) is 0 Å². The predicted molar refractivity (Wildman–Crippen MR) is 77.0 cm³/mol. The average Bonchev–Trinajstić information content (AvgIpc) is 2.46. The minimum atomic E-state index is -0.0955. The van der Waals surface area contributed by atoms with Crippen LogP contribution in [0.1, 0.15) is 18.1 Å². The first kappa shape index (κ1) is 14.0.